The van der Waals surface area contributed by atoms with Gasteiger partial charge in [-0.1, -0.05) is 6.07 Å². The molecule has 24 heavy (non-hydrogen) atoms. The van der Waals surface area contributed by atoms with Crippen LogP contribution >= 0.6 is 0 Å². The van der Waals surface area contributed by atoms with Crippen molar-refractivity contribution in [2.45, 2.75) is 0 Å². The summed E-state index contributed by atoms with van der Waals surface area (Å²) < 4.78 is 10.9. The molecule has 1 aliphatic heterocycles. The fourth-order valence-electron chi connectivity index (χ4n) is 2.34. The largest absolute Gasteiger partial charge is 0.486 e. The van der Waals surface area contributed by atoms with E-state index in [2.05, 4.69) is 0 Å². The van der Waals surface area contributed by atoms with Gasteiger partial charge in [-0.2, -0.15) is 0 Å². The smallest absolute Gasteiger partial charge is 0.336 e. The highest BCUT2D eigenvalue weighted by molar-refractivity contribution is 6.20. The van der Waals surface area contributed by atoms with E-state index in [1.54, 1.807) is 18.2 Å². The zero-order valence-corrected chi connectivity index (χ0v) is 12.5. The lowest BCUT2D eigenvalue weighted by atomic mass is 10.0. The molecule has 0 radical (unpaired) electrons. The van der Waals surface area contributed by atoms with E-state index in [1.807, 2.05) is 0 Å². The predicted molar refractivity (Wildman–Crippen MR) is 86.0 cm³/mol. The van der Waals surface area contributed by atoms with Crippen molar-refractivity contribution < 1.29 is 24.3 Å². The van der Waals surface area contributed by atoms with Crippen LogP contribution in [0.5, 0.6) is 11.5 Å². The lowest BCUT2D eigenvalue weighted by Crippen LogP contribution is -2.15. The van der Waals surface area contributed by atoms with Crippen LogP contribution < -0.4 is 9.47 Å². The molecular weight excluding hydrogens is 314 g/mol. The van der Waals surface area contributed by atoms with Gasteiger partial charge in [-0.05, 0) is 41.5 Å². The number of rotatable bonds is 4. The second kappa shape index (κ2) is 6.41. The molecule has 0 bridgehead atoms. The molecule has 122 valence electrons. The maximum atomic E-state index is 11.6. The zero-order valence-electron chi connectivity index (χ0n) is 12.5. The zero-order chi connectivity index (χ0) is 17.1. The minimum absolute atomic E-state index is 0.0524. The Kier molecular flexibility index (Phi) is 4.15. The number of aliphatic carboxylic acids is 1. The summed E-state index contributed by atoms with van der Waals surface area (Å²) in [6.07, 6.45) is 1.46. The first-order chi connectivity index (χ1) is 11.5. The topological polar surface area (TPSA) is 98.9 Å². The fourth-order valence-corrected chi connectivity index (χ4v) is 2.34. The van der Waals surface area contributed by atoms with Crippen LogP contribution in [0.25, 0.3) is 11.6 Å². The molecule has 0 amide bonds. The van der Waals surface area contributed by atoms with Crippen molar-refractivity contribution in [1.29, 1.82) is 0 Å². The number of benzene rings is 2. The molecule has 0 aliphatic carbocycles. The number of ether oxygens (including phenoxy) is 2. The SMILES string of the molecule is O=C(O)/C(=C\c1ccc([N+](=O)[O-])cc1)c1ccc2c(c1)OCCO2. The average molecular weight is 327 g/mol. The lowest BCUT2D eigenvalue weighted by Gasteiger charge is -2.19. The molecule has 2 aromatic carbocycles. The van der Waals surface area contributed by atoms with E-state index in [1.165, 1.54) is 30.3 Å². The number of fused-ring (bicyclic) bond motifs is 1. The molecule has 0 saturated heterocycles. The Balaban J connectivity index is 1.97. The highest BCUT2D eigenvalue weighted by Gasteiger charge is 2.17. The van der Waals surface area contributed by atoms with Gasteiger partial charge in [0, 0.05) is 12.1 Å². The molecule has 3 rings (SSSR count). The summed E-state index contributed by atoms with van der Waals surface area (Å²) >= 11 is 0. The molecule has 0 spiro atoms. The van der Waals surface area contributed by atoms with Crippen molar-refractivity contribution in [1.82, 2.24) is 0 Å². The van der Waals surface area contributed by atoms with Crippen LogP contribution in [0.4, 0.5) is 5.69 Å². The van der Waals surface area contributed by atoms with Crippen molar-refractivity contribution in [3.05, 3.63) is 63.7 Å². The van der Waals surface area contributed by atoms with E-state index in [9.17, 15) is 20.0 Å². The van der Waals surface area contributed by atoms with E-state index in [0.717, 1.165) is 0 Å². The first-order valence-electron chi connectivity index (χ1n) is 7.14. The summed E-state index contributed by atoms with van der Waals surface area (Å²) in [4.78, 5) is 21.8. The summed E-state index contributed by atoms with van der Waals surface area (Å²) in [5.41, 5.74) is 1.02. The molecule has 0 unspecified atom stereocenters. The molecule has 1 heterocycles. The normalized spacial score (nSPS) is 13.4. The summed E-state index contributed by atoms with van der Waals surface area (Å²) in [7, 11) is 0. The van der Waals surface area contributed by atoms with Crippen molar-refractivity contribution in [3.63, 3.8) is 0 Å². The Hall–Kier alpha value is -3.35. The van der Waals surface area contributed by atoms with Gasteiger partial charge in [-0.15, -0.1) is 0 Å². The highest BCUT2D eigenvalue weighted by atomic mass is 16.6. The quantitative estimate of drug-likeness (QED) is 0.401. The second-order valence-corrected chi connectivity index (χ2v) is 5.07. The maximum Gasteiger partial charge on any atom is 0.336 e. The van der Waals surface area contributed by atoms with Gasteiger partial charge >= 0.3 is 5.97 Å². The molecule has 2 aromatic rings. The number of nitrogens with zero attached hydrogens (tertiary/aromatic N) is 1. The summed E-state index contributed by atoms with van der Waals surface area (Å²) in [6.45, 7) is 0.863. The Labute approximate surface area is 136 Å². The van der Waals surface area contributed by atoms with Gasteiger partial charge in [0.05, 0.1) is 10.5 Å². The van der Waals surface area contributed by atoms with E-state index in [0.29, 0.717) is 35.8 Å². The monoisotopic (exact) mass is 327 g/mol. The number of carboxylic acid groups (broad SMARTS) is 1. The summed E-state index contributed by atoms with van der Waals surface area (Å²) in [5.74, 6) is -0.0373. The van der Waals surface area contributed by atoms with Crippen LogP contribution in [0.15, 0.2) is 42.5 Å². The van der Waals surface area contributed by atoms with Crippen LogP contribution in [-0.2, 0) is 4.79 Å². The van der Waals surface area contributed by atoms with Gasteiger partial charge in [-0.25, -0.2) is 4.79 Å². The van der Waals surface area contributed by atoms with Crippen molar-refractivity contribution in [2.75, 3.05) is 13.2 Å². The van der Waals surface area contributed by atoms with Crippen LogP contribution in [0, 0.1) is 10.1 Å². The lowest BCUT2D eigenvalue weighted by molar-refractivity contribution is -0.384. The van der Waals surface area contributed by atoms with Crippen LogP contribution in [-0.4, -0.2) is 29.2 Å². The maximum absolute atomic E-state index is 11.6. The standard InChI is InChI=1S/C17H13NO6/c19-17(20)14(9-11-1-4-13(5-2-11)18(21)22)12-3-6-15-16(10-12)24-8-7-23-15/h1-6,9-10H,7-8H2,(H,19,20)/b14-9-. The average Bonchev–Trinajstić information content (AvgIpc) is 2.59. The first kappa shape index (κ1) is 15.5. The van der Waals surface area contributed by atoms with Crippen molar-refractivity contribution in [3.8, 4) is 11.5 Å². The van der Waals surface area contributed by atoms with Crippen LogP contribution in [0.3, 0.4) is 0 Å². The van der Waals surface area contributed by atoms with Crippen molar-refractivity contribution in [2.24, 2.45) is 0 Å². The van der Waals surface area contributed by atoms with E-state index in [4.69, 9.17) is 9.47 Å². The molecule has 1 aliphatic rings. The Morgan fingerprint density at radius 2 is 1.75 bits per heavy atom. The molecule has 0 atom stereocenters. The first-order valence-corrected chi connectivity index (χ1v) is 7.14. The van der Waals surface area contributed by atoms with Crippen molar-refractivity contribution >= 4 is 23.3 Å². The number of hydrogen-bond donors (Lipinski definition) is 1. The number of hydrogen-bond acceptors (Lipinski definition) is 5. The van der Waals surface area contributed by atoms with Gasteiger partial charge < -0.3 is 14.6 Å². The molecule has 0 fully saturated rings. The minimum atomic E-state index is -1.11. The number of non-ortho nitro benzene ring substituents is 1. The van der Waals surface area contributed by atoms with E-state index in [-0.39, 0.29) is 11.3 Å². The van der Waals surface area contributed by atoms with E-state index < -0.39 is 10.9 Å². The second-order valence-electron chi connectivity index (χ2n) is 5.07. The Morgan fingerprint density at radius 1 is 1.08 bits per heavy atom. The number of carbonyl (C=O) groups is 1. The van der Waals surface area contributed by atoms with Crippen LogP contribution in [0.2, 0.25) is 0 Å². The van der Waals surface area contributed by atoms with Crippen LogP contribution in [0.1, 0.15) is 11.1 Å². The molecule has 0 aromatic heterocycles. The third-order valence-corrected chi connectivity index (χ3v) is 3.50. The molecule has 7 heteroatoms. The van der Waals surface area contributed by atoms with Gasteiger partial charge in [0.1, 0.15) is 13.2 Å². The van der Waals surface area contributed by atoms with E-state index >= 15 is 0 Å². The molecule has 7 nitrogen and oxygen atoms in total. The summed E-state index contributed by atoms with van der Waals surface area (Å²) in [5, 5.41) is 20.2. The molecule has 1 N–H and O–H groups in total. The minimum Gasteiger partial charge on any atom is -0.486 e. The van der Waals surface area contributed by atoms with Gasteiger partial charge in [0.2, 0.25) is 0 Å². The number of nitro benzene ring substituents is 1. The third-order valence-electron chi connectivity index (χ3n) is 3.50. The molecular formula is C17H13NO6. The molecule has 0 saturated carbocycles. The number of carboxylic acids is 1. The van der Waals surface area contributed by atoms with Gasteiger partial charge in [-0.3, -0.25) is 10.1 Å². The number of nitro groups is 1. The Bertz CT molecular complexity index is 825. The fraction of sp³-hybridized carbons (Fsp3) is 0.118. The summed E-state index contributed by atoms with van der Waals surface area (Å²) in [6, 6.07) is 10.6. The van der Waals surface area contributed by atoms with Gasteiger partial charge in [0.25, 0.3) is 5.69 Å². The Morgan fingerprint density at radius 3 is 2.38 bits per heavy atom. The highest BCUT2D eigenvalue weighted by Crippen LogP contribution is 2.33. The third kappa shape index (κ3) is 3.19. The van der Waals surface area contributed by atoms with Gasteiger partial charge in [0.15, 0.2) is 11.5 Å². The predicted octanol–water partition coefficient (Wildman–Crippen LogP) is 2.99.